The van der Waals surface area contributed by atoms with E-state index in [9.17, 15) is 16.8 Å². The van der Waals surface area contributed by atoms with Crippen molar-refractivity contribution in [2.45, 2.75) is 29.7 Å². The zero-order valence-electron chi connectivity index (χ0n) is 13.1. The van der Waals surface area contributed by atoms with Gasteiger partial charge in [0, 0.05) is 38.5 Å². The Balaban J connectivity index is 2.18. The first kappa shape index (κ1) is 17.4. The Kier molecular flexibility index (Phi) is 4.96. The van der Waals surface area contributed by atoms with E-state index >= 15 is 0 Å². The predicted molar refractivity (Wildman–Crippen MR) is 85.0 cm³/mol. The maximum absolute atomic E-state index is 12.6. The van der Waals surface area contributed by atoms with E-state index in [1.54, 1.807) is 0 Å². The van der Waals surface area contributed by atoms with Crippen LogP contribution in [0.3, 0.4) is 0 Å². The number of rotatable bonds is 4. The van der Waals surface area contributed by atoms with Crippen molar-refractivity contribution in [2.75, 3.05) is 32.4 Å². The molecule has 0 spiro atoms. The Labute approximate surface area is 132 Å². The summed E-state index contributed by atoms with van der Waals surface area (Å²) in [5.41, 5.74) is 0. The van der Waals surface area contributed by atoms with Gasteiger partial charge in [0.2, 0.25) is 10.0 Å². The van der Waals surface area contributed by atoms with Crippen molar-refractivity contribution in [2.24, 2.45) is 0 Å². The molecule has 0 aliphatic carbocycles. The molecular formula is C14H22N2O4S2. The summed E-state index contributed by atoms with van der Waals surface area (Å²) in [5, 5.41) is 0. The molecule has 0 saturated carbocycles. The number of hydrogen-bond donors (Lipinski definition) is 0. The lowest BCUT2D eigenvalue weighted by atomic mass is 10.3. The van der Waals surface area contributed by atoms with E-state index in [1.165, 1.54) is 28.6 Å². The van der Waals surface area contributed by atoms with Crippen LogP contribution in [0.2, 0.25) is 0 Å². The molecule has 8 heteroatoms. The largest absolute Gasteiger partial charge is 0.298 e. The van der Waals surface area contributed by atoms with Crippen molar-refractivity contribution in [1.29, 1.82) is 0 Å². The third-order valence-electron chi connectivity index (χ3n) is 3.89. The summed E-state index contributed by atoms with van der Waals surface area (Å²) >= 11 is 0. The van der Waals surface area contributed by atoms with Crippen LogP contribution in [-0.2, 0) is 19.9 Å². The molecule has 0 amide bonds. The summed E-state index contributed by atoms with van der Waals surface area (Å²) in [6.45, 7) is 6.50. The molecule has 1 saturated heterocycles. The summed E-state index contributed by atoms with van der Waals surface area (Å²) in [5.74, 6) is 0. The molecule has 0 radical (unpaired) electrons. The van der Waals surface area contributed by atoms with Gasteiger partial charge in [0.1, 0.15) is 0 Å². The minimum atomic E-state index is -3.56. The van der Waals surface area contributed by atoms with Gasteiger partial charge in [-0.1, -0.05) is 0 Å². The van der Waals surface area contributed by atoms with Gasteiger partial charge in [0.25, 0.3) is 0 Å². The molecule has 0 bridgehead atoms. The summed E-state index contributed by atoms with van der Waals surface area (Å²) in [7, 11) is -6.88. The number of sulfone groups is 1. The van der Waals surface area contributed by atoms with Crippen LogP contribution in [0.15, 0.2) is 34.1 Å². The zero-order valence-corrected chi connectivity index (χ0v) is 14.7. The van der Waals surface area contributed by atoms with E-state index in [4.69, 9.17) is 0 Å². The number of hydrogen-bond acceptors (Lipinski definition) is 5. The summed E-state index contributed by atoms with van der Waals surface area (Å²) in [4.78, 5) is 2.49. The fraction of sp³-hybridized carbons (Fsp3) is 0.571. The molecule has 1 aliphatic rings. The maximum atomic E-state index is 12.6. The van der Waals surface area contributed by atoms with Crippen LogP contribution >= 0.6 is 0 Å². The summed E-state index contributed by atoms with van der Waals surface area (Å²) in [6.07, 6.45) is 1.10. The van der Waals surface area contributed by atoms with Crippen molar-refractivity contribution in [3.8, 4) is 0 Å². The molecule has 2 rings (SSSR count). The van der Waals surface area contributed by atoms with Crippen LogP contribution in [0, 0.1) is 0 Å². The Bertz CT molecular complexity index is 717. The number of sulfonamides is 1. The number of benzene rings is 1. The van der Waals surface area contributed by atoms with Gasteiger partial charge in [-0.2, -0.15) is 4.31 Å². The molecule has 1 aliphatic heterocycles. The molecule has 0 aromatic heterocycles. The monoisotopic (exact) mass is 346 g/mol. The lowest BCUT2D eigenvalue weighted by molar-refractivity contribution is 0.154. The highest BCUT2D eigenvalue weighted by Crippen LogP contribution is 2.20. The van der Waals surface area contributed by atoms with Gasteiger partial charge in [0.15, 0.2) is 9.84 Å². The molecule has 1 aromatic rings. The summed E-state index contributed by atoms with van der Waals surface area (Å²) < 4.78 is 49.5. The maximum Gasteiger partial charge on any atom is 0.243 e. The first-order valence-electron chi connectivity index (χ1n) is 7.16. The Hall–Kier alpha value is -0.960. The topological polar surface area (TPSA) is 74.8 Å². The van der Waals surface area contributed by atoms with Crippen LogP contribution in [0.1, 0.15) is 13.8 Å². The highest BCUT2D eigenvalue weighted by atomic mass is 32.2. The second-order valence-electron chi connectivity index (χ2n) is 5.78. The van der Waals surface area contributed by atoms with Crippen molar-refractivity contribution in [3.63, 3.8) is 0 Å². The standard InChI is InChI=1S/C14H22N2O4S2/c1-12(2)15-8-10-16(11-9-15)22(19,20)14-6-4-13(5-7-14)21(3,17)18/h4-7,12H,8-11H2,1-3H3. The van der Waals surface area contributed by atoms with Crippen LogP contribution < -0.4 is 0 Å². The molecule has 124 valence electrons. The Morgan fingerprint density at radius 2 is 1.32 bits per heavy atom. The zero-order chi connectivity index (χ0) is 16.5. The second kappa shape index (κ2) is 6.27. The fourth-order valence-corrected chi connectivity index (χ4v) is 4.52. The SMILES string of the molecule is CC(C)N1CCN(S(=O)(=O)c2ccc(S(C)(=O)=O)cc2)CC1. The van der Waals surface area contributed by atoms with E-state index in [-0.39, 0.29) is 9.79 Å². The lowest BCUT2D eigenvalue weighted by Crippen LogP contribution is -2.50. The van der Waals surface area contributed by atoms with Gasteiger partial charge in [-0.25, -0.2) is 16.8 Å². The van der Waals surface area contributed by atoms with Gasteiger partial charge in [-0.15, -0.1) is 0 Å². The molecule has 0 unspecified atom stereocenters. The molecule has 1 aromatic carbocycles. The minimum absolute atomic E-state index is 0.121. The third-order valence-corrected chi connectivity index (χ3v) is 6.93. The van der Waals surface area contributed by atoms with Gasteiger partial charge >= 0.3 is 0 Å². The van der Waals surface area contributed by atoms with Crippen LogP contribution in [0.4, 0.5) is 0 Å². The van der Waals surface area contributed by atoms with Crippen molar-refractivity contribution >= 4 is 19.9 Å². The smallest absolute Gasteiger partial charge is 0.243 e. The Morgan fingerprint density at radius 3 is 1.73 bits per heavy atom. The molecule has 0 atom stereocenters. The fourth-order valence-electron chi connectivity index (χ4n) is 2.47. The second-order valence-corrected chi connectivity index (χ2v) is 9.73. The van der Waals surface area contributed by atoms with Gasteiger partial charge in [-0.05, 0) is 38.1 Å². The molecule has 22 heavy (non-hydrogen) atoms. The highest BCUT2D eigenvalue weighted by Gasteiger charge is 2.29. The van der Waals surface area contributed by atoms with Gasteiger partial charge in [0.05, 0.1) is 9.79 Å². The van der Waals surface area contributed by atoms with Crippen molar-refractivity contribution < 1.29 is 16.8 Å². The molecule has 1 fully saturated rings. The number of nitrogens with zero attached hydrogens (tertiary/aromatic N) is 2. The third kappa shape index (κ3) is 3.68. The van der Waals surface area contributed by atoms with Crippen LogP contribution in [0.5, 0.6) is 0 Å². The molecule has 1 heterocycles. The van der Waals surface area contributed by atoms with Gasteiger partial charge in [-0.3, -0.25) is 4.90 Å². The van der Waals surface area contributed by atoms with Crippen molar-refractivity contribution in [1.82, 2.24) is 9.21 Å². The quantitative estimate of drug-likeness (QED) is 0.806. The van der Waals surface area contributed by atoms with Crippen LogP contribution in [-0.4, -0.2) is 64.5 Å². The summed E-state index contributed by atoms with van der Waals surface area (Å²) in [6, 6.07) is 5.80. The molecular weight excluding hydrogens is 324 g/mol. The predicted octanol–water partition coefficient (Wildman–Crippen LogP) is 0.805. The average Bonchev–Trinajstić information content (AvgIpc) is 2.46. The number of piperazine rings is 1. The van der Waals surface area contributed by atoms with E-state index < -0.39 is 19.9 Å². The van der Waals surface area contributed by atoms with E-state index in [2.05, 4.69) is 18.7 Å². The normalized spacial score (nSPS) is 18.7. The van der Waals surface area contributed by atoms with E-state index in [0.29, 0.717) is 32.2 Å². The van der Waals surface area contributed by atoms with Gasteiger partial charge < -0.3 is 0 Å². The Morgan fingerprint density at radius 1 is 0.864 bits per heavy atom. The van der Waals surface area contributed by atoms with E-state index in [0.717, 1.165) is 6.26 Å². The van der Waals surface area contributed by atoms with Crippen molar-refractivity contribution in [3.05, 3.63) is 24.3 Å². The molecule has 6 nitrogen and oxygen atoms in total. The minimum Gasteiger partial charge on any atom is -0.298 e. The lowest BCUT2D eigenvalue weighted by Gasteiger charge is -2.36. The van der Waals surface area contributed by atoms with E-state index in [1.807, 2.05) is 0 Å². The first-order valence-corrected chi connectivity index (χ1v) is 10.5. The molecule has 0 N–H and O–H groups in total. The first-order chi connectivity index (χ1) is 10.1. The average molecular weight is 346 g/mol. The highest BCUT2D eigenvalue weighted by molar-refractivity contribution is 7.90. The van der Waals surface area contributed by atoms with Crippen LogP contribution in [0.25, 0.3) is 0 Å².